The minimum atomic E-state index is -0.345. The predicted octanol–water partition coefficient (Wildman–Crippen LogP) is 3.48. The molecule has 0 amide bonds. The van der Waals surface area contributed by atoms with Crippen molar-refractivity contribution in [1.82, 2.24) is 10.1 Å². The molecule has 2 N–H and O–H groups in total. The highest BCUT2D eigenvalue weighted by molar-refractivity contribution is 9.10. The fourth-order valence-corrected chi connectivity index (χ4v) is 2.16. The van der Waals surface area contributed by atoms with Crippen LogP contribution in [0.25, 0.3) is 11.4 Å². The minimum absolute atomic E-state index is 0.0291. The van der Waals surface area contributed by atoms with Crippen LogP contribution in [-0.2, 0) is 0 Å². The highest BCUT2D eigenvalue weighted by Gasteiger charge is 2.21. The van der Waals surface area contributed by atoms with E-state index in [1.54, 1.807) is 6.07 Å². The molecule has 0 fully saturated rings. The van der Waals surface area contributed by atoms with E-state index >= 15 is 0 Å². The maximum atomic E-state index is 13.3. The summed E-state index contributed by atoms with van der Waals surface area (Å²) in [6.07, 6.45) is 0.822. The molecule has 4 nitrogen and oxygen atoms in total. The number of nitrogens with zero attached hydrogens (tertiary/aromatic N) is 2. The topological polar surface area (TPSA) is 64.9 Å². The molecule has 0 aliphatic rings. The quantitative estimate of drug-likeness (QED) is 0.933. The fraction of sp³-hybridized carbons (Fsp3) is 0.385. The molecule has 2 unspecified atom stereocenters. The third-order valence-corrected chi connectivity index (χ3v) is 3.81. The van der Waals surface area contributed by atoms with Gasteiger partial charge in [0, 0.05) is 16.1 Å². The number of rotatable bonds is 4. The Balaban J connectivity index is 2.33. The molecule has 6 heteroatoms. The van der Waals surface area contributed by atoms with Crippen LogP contribution in [0.15, 0.2) is 27.2 Å². The summed E-state index contributed by atoms with van der Waals surface area (Å²) in [5, 5.41) is 3.89. The van der Waals surface area contributed by atoms with Gasteiger partial charge in [-0.05, 0) is 24.6 Å². The van der Waals surface area contributed by atoms with Gasteiger partial charge in [0.1, 0.15) is 5.82 Å². The second-order valence-electron chi connectivity index (χ2n) is 4.44. The zero-order valence-electron chi connectivity index (χ0n) is 10.7. The van der Waals surface area contributed by atoms with Gasteiger partial charge < -0.3 is 10.3 Å². The molecule has 0 radical (unpaired) electrons. The number of halogens is 2. The molecule has 1 aromatic carbocycles. The Kier molecular flexibility index (Phi) is 4.31. The maximum Gasteiger partial charge on any atom is 0.231 e. The van der Waals surface area contributed by atoms with Crippen molar-refractivity contribution in [3.63, 3.8) is 0 Å². The molecule has 19 heavy (non-hydrogen) atoms. The van der Waals surface area contributed by atoms with E-state index in [-0.39, 0.29) is 17.8 Å². The highest BCUT2D eigenvalue weighted by Crippen LogP contribution is 2.28. The second-order valence-corrected chi connectivity index (χ2v) is 5.30. The molecule has 0 aliphatic heterocycles. The summed E-state index contributed by atoms with van der Waals surface area (Å²) in [5.41, 5.74) is 6.52. The number of hydrogen-bond donors (Lipinski definition) is 1. The molecular formula is C13H15BrFN3O. The zero-order chi connectivity index (χ0) is 14.0. The third-order valence-electron chi connectivity index (χ3n) is 3.11. The average Bonchev–Trinajstić information content (AvgIpc) is 2.89. The molecule has 2 atom stereocenters. The molecule has 0 saturated heterocycles. The van der Waals surface area contributed by atoms with E-state index in [1.165, 1.54) is 12.1 Å². The summed E-state index contributed by atoms with van der Waals surface area (Å²) in [6.45, 7) is 3.94. The Hall–Kier alpha value is -1.27. The lowest BCUT2D eigenvalue weighted by atomic mass is 10.0. The van der Waals surface area contributed by atoms with Crippen LogP contribution < -0.4 is 5.73 Å². The average molecular weight is 328 g/mol. The SMILES string of the molecule is CCC(N)C(C)c1nc(-c2cc(F)ccc2Br)no1. The van der Waals surface area contributed by atoms with Crippen LogP contribution in [0, 0.1) is 5.82 Å². The molecule has 0 aliphatic carbocycles. The number of benzene rings is 1. The van der Waals surface area contributed by atoms with Crippen LogP contribution in [-0.4, -0.2) is 16.2 Å². The van der Waals surface area contributed by atoms with Crippen molar-refractivity contribution in [1.29, 1.82) is 0 Å². The normalized spacial score (nSPS) is 14.4. The van der Waals surface area contributed by atoms with Crippen LogP contribution in [0.1, 0.15) is 32.1 Å². The lowest BCUT2D eigenvalue weighted by Gasteiger charge is -2.13. The van der Waals surface area contributed by atoms with Crippen LogP contribution in [0.4, 0.5) is 4.39 Å². The zero-order valence-corrected chi connectivity index (χ0v) is 12.3. The lowest BCUT2D eigenvalue weighted by molar-refractivity contribution is 0.340. The van der Waals surface area contributed by atoms with Crippen molar-refractivity contribution in [3.05, 3.63) is 34.4 Å². The molecule has 1 aromatic heterocycles. The van der Waals surface area contributed by atoms with E-state index in [4.69, 9.17) is 10.3 Å². The Morgan fingerprint density at radius 1 is 1.47 bits per heavy atom. The third kappa shape index (κ3) is 3.01. The maximum absolute atomic E-state index is 13.3. The van der Waals surface area contributed by atoms with Crippen LogP contribution >= 0.6 is 15.9 Å². The van der Waals surface area contributed by atoms with Gasteiger partial charge in [-0.25, -0.2) is 4.39 Å². The molecule has 2 rings (SSSR count). The van der Waals surface area contributed by atoms with E-state index in [0.717, 1.165) is 6.42 Å². The lowest BCUT2D eigenvalue weighted by Crippen LogP contribution is -2.25. The largest absolute Gasteiger partial charge is 0.339 e. The van der Waals surface area contributed by atoms with Crippen LogP contribution in [0.3, 0.4) is 0 Å². The van der Waals surface area contributed by atoms with Gasteiger partial charge in [0.25, 0.3) is 0 Å². The van der Waals surface area contributed by atoms with Crippen molar-refractivity contribution in [2.75, 3.05) is 0 Å². The van der Waals surface area contributed by atoms with Gasteiger partial charge in [-0.1, -0.05) is 34.9 Å². The van der Waals surface area contributed by atoms with Crippen molar-refractivity contribution in [2.24, 2.45) is 5.73 Å². The van der Waals surface area contributed by atoms with Crippen molar-refractivity contribution in [3.8, 4) is 11.4 Å². The second kappa shape index (κ2) is 5.79. The van der Waals surface area contributed by atoms with E-state index in [9.17, 15) is 4.39 Å². The number of hydrogen-bond acceptors (Lipinski definition) is 4. The van der Waals surface area contributed by atoms with E-state index in [2.05, 4.69) is 26.1 Å². The van der Waals surface area contributed by atoms with Crippen molar-refractivity contribution in [2.45, 2.75) is 32.2 Å². The summed E-state index contributed by atoms with van der Waals surface area (Å²) >= 11 is 3.34. The first-order valence-corrected chi connectivity index (χ1v) is 6.86. The first-order valence-electron chi connectivity index (χ1n) is 6.07. The van der Waals surface area contributed by atoms with Gasteiger partial charge >= 0.3 is 0 Å². The van der Waals surface area contributed by atoms with Crippen molar-refractivity contribution >= 4 is 15.9 Å². The molecule has 0 spiro atoms. The fourth-order valence-electron chi connectivity index (χ4n) is 1.74. The smallest absolute Gasteiger partial charge is 0.231 e. The molecule has 1 heterocycles. The first-order chi connectivity index (χ1) is 9.02. The molecule has 0 saturated carbocycles. The van der Waals surface area contributed by atoms with Gasteiger partial charge in [0.05, 0.1) is 5.92 Å². The van der Waals surface area contributed by atoms with Crippen LogP contribution in [0.5, 0.6) is 0 Å². The summed E-state index contributed by atoms with van der Waals surface area (Å²) in [5.74, 6) is 0.457. The summed E-state index contributed by atoms with van der Waals surface area (Å²) in [4.78, 5) is 4.30. The Labute approximate surface area is 119 Å². The van der Waals surface area contributed by atoms with Gasteiger partial charge in [0.2, 0.25) is 11.7 Å². The summed E-state index contributed by atoms with van der Waals surface area (Å²) in [7, 11) is 0. The predicted molar refractivity (Wildman–Crippen MR) is 74.1 cm³/mol. The van der Waals surface area contributed by atoms with Gasteiger partial charge in [-0.2, -0.15) is 4.98 Å². The van der Waals surface area contributed by atoms with Crippen molar-refractivity contribution < 1.29 is 8.91 Å². The Morgan fingerprint density at radius 3 is 2.89 bits per heavy atom. The Morgan fingerprint density at radius 2 is 2.21 bits per heavy atom. The number of aromatic nitrogens is 2. The molecule has 102 valence electrons. The Bertz CT molecular complexity index is 573. The van der Waals surface area contributed by atoms with Gasteiger partial charge in [-0.15, -0.1) is 0 Å². The van der Waals surface area contributed by atoms with E-state index < -0.39 is 0 Å². The van der Waals surface area contributed by atoms with Gasteiger partial charge in [-0.3, -0.25) is 0 Å². The molecular weight excluding hydrogens is 313 g/mol. The minimum Gasteiger partial charge on any atom is -0.339 e. The highest BCUT2D eigenvalue weighted by atomic mass is 79.9. The summed E-state index contributed by atoms with van der Waals surface area (Å²) in [6, 6.07) is 4.30. The first kappa shape index (κ1) is 14.1. The van der Waals surface area contributed by atoms with Gasteiger partial charge in [0.15, 0.2) is 0 Å². The van der Waals surface area contributed by atoms with E-state index in [0.29, 0.717) is 21.8 Å². The molecule has 2 aromatic rings. The molecule has 0 bridgehead atoms. The monoisotopic (exact) mass is 327 g/mol. The number of nitrogens with two attached hydrogens (primary N) is 1. The van der Waals surface area contributed by atoms with Crippen LogP contribution in [0.2, 0.25) is 0 Å². The van der Waals surface area contributed by atoms with E-state index in [1.807, 2.05) is 13.8 Å². The standard InChI is InChI=1S/C13H15BrFN3O/c1-3-11(16)7(2)13-17-12(18-19-13)9-6-8(15)4-5-10(9)14/h4-7,11H,3,16H2,1-2H3. The summed E-state index contributed by atoms with van der Waals surface area (Å²) < 4.78 is 19.2.